The predicted molar refractivity (Wildman–Crippen MR) is 112 cm³/mol. The molecular weight excluding hydrogens is 385 g/mol. The summed E-state index contributed by atoms with van der Waals surface area (Å²) in [7, 11) is 1.79. The van der Waals surface area contributed by atoms with E-state index in [4.69, 9.17) is 0 Å². The van der Waals surface area contributed by atoms with Gasteiger partial charge >= 0.3 is 0 Å². The van der Waals surface area contributed by atoms with Gasteiger partial charge in [0.1, 0.15) is 35.3 Å². The molecular formula is C21H24FN7O. The average Bonchev–Trinajstić information content (AvgIpc) is 3.36. The van der Waals surface area contributed by atoms with Crippen molar-refractivity contribution in [1.29, 1.82) is 0 Å². The molecule has 1 atom stereocenters. The maximum Gasteiger partial charge on any atom is 0.261 e. The molecule has 0 saturated carbocycles. The van der Waals surface area contributed by atoms with Crippen molar-refractivity contribution in [3.05, 3.63) is 48.2 Å². The Morgan fingerprint density at radius 2 is 2.07 bits per heavy atom. The van der Waals surface area contributed by atoms with Crippen LogP contribution in [-0.2, 0) is 7.05 Å². The molecule has 9 heteroatoms. The van der Waals surface area contributed by atoms with Crippen LogP contribution in [0, 0.1) is 0 Å². The Hall–Kier alpha value is -3.36. The van der Waals surface area contributed by atoms with Crippen molar-refractivity contribution in [2.75, 3.05) is 23.3 Å². The Morgan fingerprint density at radius 3 is 2.67 bits per heavy atom. The smallest absolute Gasteiger partial charge is 0.261 e. The minimum atomic E-state index is -0.943. The van der Waals surface area contributed by atoms with Gasteiger partial charge in [0.05, 0.1) is 18.4 Å². The monoisotopic (exact) mass is 409 g/mol. The number of halogens is 1. The Bertz CT molecular complexity index is 1050. The van der Waals surface area contributed by atoms with Crippen LogP contribution in [0.2, 0.25) is 0 Å². The number of hydrogen-bond acceptors (Lipinski definition) is 6. The van der Waals surface area contributed by atoms with Crippen molar-refractivity contribution in [2.24, 2.45) is 7.05 Å². The number of aryl methyl sites for hydroxylation is 1. The van der Waals surface area contributed by atoms with Gasteiger partial charge in [0, 0.05) is 25.5 Å². The molecule has 0 aliphatic carbocycles. The number of anilines is 2. The second-order valence-electron chi connectivity index (χ2n) is 7.71. The Kier molecular flexibility index (Phi) is 5.43. The summed E-state index contributed by atoms with van der Waals surface area (Å²) in [6.45, 7) is 4.80. The highest BCUT2D eigenvalue weighted by atomic mass is 19.1. The lowest BCUT2D eigenvalue weighted by molar-refractivity contribution is 0.102. The molecule has 3 aromatic rings. The molecule has 0 aromatic carbocycles. The first-order chi connectivity index (χ1) is 14.4. The van der Waals surface area contributed by atoms with Gasteiger partial charge in [-0.15, -0.1) is 0 Å². The summed E-state index contributed by atoms with van der Waals surface area (Å²) in [5.41, 5.74) is 2.74. The summed E-state index contributed by atoms with van der Waals surface area (Å²) < 4.78 is 15.5. The number of aromatic nitrogens is 5. The lowest BCUT2D eigenvalue weighted by Crippen LogP contribution is -2.26. The average molecular weight is 409 g/mol. The van der Waals surface area contributed by atoms with Gasteiger partial charge < -0.3 is 10.2 Å². The number of carbonyl (C=O) groups excluding carboxylic acids is 1. The SMILES string of the molecule is CC(C)c1ccc(NC(=O)c2c(-c3ccn(C)n3)ncnc2N2CC[C@H](F)C2)cn1. The van der Waals surface area contributed by atoms with Gasteiger partial charge in [-0.1, -0.05) is 13.8 Å². The fraction of sp³-hybridized carbons (Fsp3) is 0.381. The standard InChI is InChI=1S/C21H24FN7O/c1-13(2)16-5-4-15(10-23-16)26-21(30)18-19(17-7-8-28(3)27-17)24-12-25-20(18)29-9-6-14(22)11-29/h4-5,7-8,10,12-14H,6,9,11H2,1-3H3,(H,26,30)/t14-/m0/s1. The number of hydrogen-bond donors (Lipinski definition) is 1. The molecule has 1 aliphatic rings. The van der Waals surface area contributed by atoms with E-state index in [0.717, 1.165) is 5.69 Å². The summed E-state index contributed by atoms with van der Waals surface area (Å²) in [5, 5.41) is 7.27. The van der Waals surface area contributed by atoms with Gasteiger partial charge in [0.15, 0.2) is 0 Å². The largest absolute Gasteiger partial charge is 0.353 e. The van der Waals surface area contributed by atoms with Crippen LogP contribution >= 0.6 is 0 Å². The zero-order valence-electron chi connectivity index (χ0n) is 17.2. The van der Waals surface area contributed by atoms with Gasteiger partial charge in [-0.2, -0.15) is 5.10 Å². The summed E-state index contributed by atoms with van der Waals surface area (Å²) >= 11 is 0. The fourth-order valence-electron chi connectivity index (χ4n) is 3.49. The summed E-state index contributed by atoms with van der Waals surface area (Å²) in [6, 6.07) is 5.48. The molecule has 0 spiro atoms. The molecule has 30 heavy (non-hydrogen) atoms. The Labute approximate surface area is 174 Å². The first-order valence-electron chi connectivity index (χ1n) is 9.93. The first-order valence-corrected chi connectivity index (χ1v) is 9.93. The third-order valence-electron chi connectivity index (χ3n) is 5.08. The van der Waals surface area contributed by atoms with Crippen LogP contribution in [0.25, 0.3) is 11.4 Å². The molecule has 1 amide bonds. The lowest BCUT2D eigenvalue weighted by Gasteiger charge is -2.20. The van der Waals surface area contributed by atoms with E-state index in [1.54, 1.807) is 35.1 Å². The van der Waals surface area contributed by atoms with Crippen molar-refractivity contribution in [3.8, 4) is 11.4 Å². The number of alkyl halides is 1. The quantitative estimate of drug-likeness (QED) is 0.696. The maximum absolute atomic E-state index is 13.9. The molecule has 1 aliphatic heterocycles. The number of nitrogens with one attached hydrogen (secondary N) is 1. The third-order valence-corrected chi connectivity index (χ3v) is 5.08. The van der Waals surface area contributed by atoms with E-state index < -0.39 is 6.17 Å². The highest BCUT2D eigenvalue weighted by Crippen LogP contribution is 2.30. The second-order valence-corrected chi connectivity index (χ2v) is 7.71. The number of pyridine rings is 1. The minimum absolute atomic E-state index is 0.198. The van der Waals surface area contributed by atoms with Crippen LogP contribution in [0.3, 0.4) is 0 Å². The maximum atomic E-state index is 13.9. The fourth-order valence-corrected chi connectivity index (χ4v) is 3.49. The number of rotatable bonds is 5. The van der Waals surface area contributed by atoms with E-state index in [2.05, 4.69) is 39.2 Å². The molecule has 1 fully saturated rings. The van der Waals surface area contributed by atoms with Gasteiger partial charge in [-0.25, -0.2) is 14.4 Å². The zero-order chi connectivity index (χ0) is 21.3. The Morgan fingerprint density at radius 1 is 1.23 bits per heavy atom. The molecule has 1 N–H and O–H groups in total. The van der Waals surface area contributed by atoms with Crippen LogP contribution in [0.1, 0.15) is 42.2 Å². The van der Waals surface area contributed by atoms with E-state index in [1.807, 2.05) is 12.1 Å². The molecule has 8 nitrogen and oxygen atoms in total. The number of amides is 1. The van der Waals surface area contributed by atoms with Gasteiger partial charge in [-0.05, 0) is 30.5 Å². The molecule has 3 aromatic heterocycles. The lowest BCUT2D eigenvalue weighted by atomic mass is 10.1. The molecule has 1 saturated heterocycles. The van der Waals surface area contributed by atoms with Crippen molar-refractivity contribution < 1.29 is 9.18 Å². The van der Waals surface area contributed by atoms with E-state index in [0.29, 0.717) is 41.8 Å². The first kappa shape index (κ1) is 19.9. The molecule has 0 bridgehead atoms. The second kappa shape index (κ2) is 8.17. The normalized spacial score (nSPS) is 16.3. The predicted octanol–water partition coefficient (Wildman–Crippen LogP) is 3.20. The summed E-state index contributed by atoms with van der Waals surface area (Å²) in [6.07, 6.45) is 4.26. The number of nitrogens with zero attached hydrogens (tertiary/aromatic N) is 6. The van der Waals surface area contributed by atoms with Gasteiger partial charge in [-0.3, -0.25) is 14.5 Å². The summed E-state index contributed by atoms with van der Waals surface area (Å²) in [5.74, 6) is 0.325. The van der Waals surface area contributed by atoms with Crippen LogP contribution < -0.4 is 10.2 Å². The third kappa shape index (κ3) is 4.00. The van der Waals surface area contributed by atoms with E-state index in [-0.39, 0.29) is 18.0 Å². The van der Waals surface area contributed by atoms with Crippen molar-refractivity contribution >= 4 is 17.4 Å². The van der Waals surface area contributed by atoms with Crippen molar-refractivity contribution in [2.45, 2.75) is 32.4 Å². The van der Waals surface area contributed by atoms with Crippen molar-refractivity contribution in [1.82, 2.24) is 24.7 Å². The molecule has 156 valence electrons. The highest BCUT2D eigenvalue weighted by Gasteiger charge is 2.30. The van der Waals surface area contributed by atoms with Crippen molar-refractivity contribution in [3.63, 3.8) is 0 Å². The molecule has 0 radical (unpaired) electrons. The molecule has 4 heterocycles. The highest BCUT2D eigenvalue weighted by molar-refractivity contribution is 6.11. The van der Waals surface area contributed by atoms with Crippen LogP contribution in [0.4, 0.5) is 15.9 Å². The Balaban J connectivity index is 1.72. The minimum Gasteiger partial charge on any atom is -0.353 e. The molecule has 4 rings (SSSR count). The van der Waals surface area contributed by atoms with Crippen LogP contribution in [0.15, 0.2) is 36.9 Å². The van der Waals surface area contributed by atoms with E-state index >= 15 is 0 Å². The number of carbonyl (C=O) groups is 1. The van der Waals surface area contributed by atoms with E-state index in [1.165, 1.54) is 6.33 Å². The van der Waals surface area contributed by atoms with Crippen LogP contribution in [-0.4, -0.2) is 49.9 Å². The zero-order valence-corrected chi connectivity index (χ0v) is 17.2. The van der Waals surface area contributed by atoms with Gasteiger partial charge in [0.2, 0.25) is 0 Å². The summed E-state index contributed by atoms with van der Waals surface area (Å²) in [4.78, 5) is 28.2. The van der Waals surface area contributed by atoms with E-state index in [9.17, 15) is 9.18 Å². The molecule has 0 unspecified atom stereocenters. The topological polar surface area (TPSA) is 88.8 Å². The van der Waals surface area contributed by atoms with Gasteiger partial charge in [0.25, 0.3) is 5.91 Å². The van der Waals surface area contributed by atoms with Crippen LogP contribution in [0.5, 0.6) is 0 Å².